The van der Waals surface area contributed by atoms with Crippen molar-refractivity contribution in [2.45, 2.75) is 13.0 Å². The fourth-order valence-corrected chi connectivity index (χ4v) is 2.60. The fraction of sp³-hybridized carbons (Fsp3) is 0.188. The second kappa shape index (κ2) is 7.46. The third-order valence-corrected chi connectivity index (χ3v) is 3.73. The molecule has 0 fully saturated rings. The summed E-state index contributed by atoms with van der Waals surface area (Å²) in [5.74, 6) is -0.0434. The summed E-state index contributed by atoms with van der Waals surface area (Å²) in [6, 6.07) is 14.9. The van der Waals surface area contributed by atoms with E-state index in [1.54, 1.807) is 12.1 Å². The molecule has 2 aromatic carbocycles. The van der Waals surface area contributed by atoms with Gasteiger partial charge in [-0.15, -0.1) is 0 Å². The van der Waals surface area contributed by atoms with Crippen LogP contribution in [0.25, 0.3) is 0 Å². The highest BCUT2D eigenvalue weighted by Gasteiger charge is 2.14. The molecule has 3 nitrogen and oxygen atoms in total. The molecule has 0 aliphatic carbocycles. The van der Waals surface area contributed by atoms with Gasteiger partial charge in [0.15, 0.2) is 6.54 Å². The van der Waals surface area contributed by atoms with Crippen LogP contribution in [-0.4, -0.2) is 12.5 Å². The van der Waals surface area contributed by atoms with Crippen molar-refractivity contribution in [3.05, 3.63) is 64.1 Å². The number of halogens is 2. The van der Waals surface area contributed by atoms with Gasteiger partial charge >= 0.3 is 0 Å². The molecule has 0 saturated heterocycles. The molecule has 110 valence electrons. The molecular weight excluding hydrogens is 307 g/mol. The molecule has 2 rings (SSSR count). The Balaban J connectivity index is 1.89. The summed E-state index contributed by atoms with van der Waals surface area (Å²) in [5.41, 5.74) is 1.77. The predicted molar refractivity (Wildman–Crippen MR) is 86.7 cm³/mol. The van der Waals surface area contributed by atoms with Crippen LogP contribution in [0.2, 0.25) is 10.0 Å². The number of carbonyl (C=O) groups is 1. The monoisotopic (exact) mass is 323 g/mol. The fourth-order valence-electron chi connectivity index (χ4n) is 2.02. The Morgan fingerprint density at radius 2 is 1.90 bits per heavy atom. The molecule has 3 N–H and O–H groups in total. The van der Waals surface area contributed by atoms with Gasteiger partial charge in [-0.1, -0.05) is 47.5 Å². The van der Waals surface area contributed by atoms with Crippen LogP contribution < -0.4 is 10.6 Å². The largest absolute Gasteiger partial charge is 0.332 e. The van der Waals surface area contributed by atoms with Crippen LogP contribution >= 0.6 is 23.2 Å². The topological polar surface area (TPSA) is 45.7 Å². The van der Waals surface area contributed by atoms with Gasteiger partial charge in [0.25, 0.3) is 5.91 Å². The minimum atomic E-state index is -0.0434. The van der Waals surface area contributed by atoms with E-state index in [2.05, 4.69) is 5.32 Å². The lowest BCUT2D eigenvalue weighted by molar-refractivity contribution is -0.682. The number of quaternary nitrogens is 1. The summed E-state index contributed by atoms with van der Waals surface area (Å²) in [7, 11) is 0. The summed E-state index contributed by atoms with van der Waals surface area (Å²) in [6.45, 7) is 2.33. The average Bonchev–Trinajstić information content (AvgIpc) is 2.46. The van der Waals surface area contributed by atoms with E-state index in [1.165, 1.54) is 0 Å². The number of anilines is 1. The van der Waals surface area contributed by atoms with E-state index in [0.717, 1.165) is 11.3 Å². The number of carbonyl (C=O) groups excluding carboxylic acids is 1. The zero-order valence-corrected chi connectivity index (χ0v) is 13.2. The second-order valence-corrected chi connectivity index (χ2v) is 5.65. The highest BCUT2D eigenvalue weighted by molar-refractivity contribution is 6.35. The third kappa shape index (κ3) is 4.74. The van der Waals surface area contributed by atoms with E-state index in [4.69, 9.17) is 23.2 Å². The molecule has 0 aliphatic heterocycles. The molecule has 0 bridgehead atoms. The number of amides is 1. The Morgan fingerprint density at radius 1 is 1.19 bits per heavy atom. The first-order valence-corrected chi connectivity index (χ1v) is 7.45. The molecule has 21 heavy (non-hydrogen) atoms. The Hall–Kier alpha value is -1.55. The molecule has 0 saturated carbocycles. The Labute approximate surface area is 134 Å². The van der Waals surface area contributed by atoms with Gasteiger partial charge in [-0.05, 0) is 31.2 Å². The van der Waals surface area contributed by atoms with Crippen molar-refractivity contribution in [2.24, 2.45) is 0 Å². The van der Waals surface area contributed by atoms with Gasteiger partial charge < -0.3 is 10.6 Å². The quantitative estimate of drug-likeness (QED) is 0.871. The van der Waals surface area contributed by atoms with Crippen molar-refractivity contribution in [3.8, 4) is 0 Å². The molecule has 0 unspecified atom stereocenters. The van der Waals surface area contributed by atoms with E-state index in [0.29, 0.717) is 16.6 Å². The zero-order valence-electron chi connectivity index (χ0n) is 11.6. The number of para-hydroxylation sites is 1. The maximum atomic E-state index is 11.9. The van der Waals surface area contributed by atoms with Gasteiger partial charge in [0.1, 0.15) is 6.04 Å². The number of rotatable bonds is 5. The van der Waals surface area contributed by atoms with Crippen LogP contribution in [0.4, 0.5) is 5.69 Å². The average molecular weight is 324 g/mol. The Morgan fingerprint density at radius 3 is 2.57 bits per heavy atom. The van der Waals surface area contributed by atoms with Crippen LogP contribution in [-0.2, 0) is 4.79 Å². The summed E-state index contributed by atoms with van der Waals surface area (Å²) in [5, 5.41) is 6.02. The van der Waals surface area contributed by atoms with Crippen LogP contribution in [0.5, 0.6) is 0 Å². The molecule has 0 radical (unpaired) electrons. The Bertz CT molecular complexity index is 617. The molecule has 5 heteroatoms. The summed E-state index contributed by atoms with van der Waals surface area (Å²) >= 11 is 12.0. The first kappa shape index (κ1) is 15.8. The molecule has 0 aliphatic rings. The van der Waals surface area contributed by atoms with Crippen molar-refractivity contribution in [1.82, 2.24) is 0 Å². The van der Waals surface area contributed by atoms with Crippen molar-refractivity contribution < 1.29 is 10.1 Å². The lowest BCUT2D eigenvalue weighted by atomic mass is 10.1. The van der Waals surface area contributed by atoms with E-state index in [-0.39, 0.29) is 11.9 Å². The lowest BCUT2D eigenvalue weighted by Gasteiger charge is -2.13. The number of nitrogens with one attached hydrogen (secondary N) is 1. The van der Waals surface area contributed by atoms with E-state index in [9.17, 15) is 4.79 Å². The normalized spacial score (nSPS) is 12.0. The van der Waals surface area contributed by atoms with Gasteiger partial charge in [0, 0.05) is 16.3 Å². The standard InChI is InChI=1S/C16H16Cl2N2O/c1-11(14-8-7-12(17)9-15(14)18)19-10-16(21)20-13-5-3-2-4-6-13/h2-9,11,19H,10H2,1H3,(H,20,21)/p+1/t11-/m1/s1. The molecule has 0 aromatic heterocycles. The van der Waals surface area contributed by atoms with Crippen molar-refractivity contribution in [1.29, 1.82) is 0 Å². The molecule has 0 spiro atoms. The summed E-state index contributed by atoms with van der Waals surface area (Å²) in [6.07, 6.45) is 0. The third-order valence-electron chi connectivity index (χ3n) is 3.17. The first-order valence-electron chi connectivity index (χ1n) is 6.69. The lowest BCUT2D eigenvalue weighted by Crippen LogP contribution is -2.86. The molecule has 2 aromatic rings. The zero-order chi connectivity index (χ0) is 15.2. The summed E-state index contributed by atoms with van der Waals surface area (Å²) in [4.78, 5) is 11.9. The van der Waals surface area contributed by atoms with Crippen LogP contribution in [0, 0.1) is 0 Å². The van der Waals surface area contributed by atoms with Gasteiger partial charge in [-0.3, -0.25) is 4.79 Å². The Kier molecular flexibility index (Phi) is 5.62. The van der Waals surface area contributed by atoms with Crippen LogP contribution in [0.15, 0.2) is 48.5 Å². The smallest absolute Gasteiger partial charge is 0.279 e. The molecule has 0 heterocycles. The van der Waals surface area contributed by atoms with Crippen molar-refractivity contribution in [2.75, 3.05) is 11.9 Å². The molecule has 1 atom stereocenters. The minimum Gasteiger partial charge on any atom is -0.332 e. The first-order chi connectivity index (χ1) is 10.1. The van der Waals surface area contributed by atoms with Gasteiger partial charge in [-0.25, -0.2) is 0 Å². The van der Waals surface area contributed by atoms with Gasteiger partial charge in [-0.2, -0.15) is 0 Å². The molecular formula is C16H17Cl2N2O+. The van der Waals surface area contributed by atoms with Crippen molar-refractivity contribution in [3.63, 3.8) is 0 Å². The van der Waals surface area contributed by atoms with Gasteiger partial charge in [0.2, 0.25) is 0 Å². The van der Waals surface area contributed by atoms with Crippen LogP contribution in [0.3, 0.4) is 0 Å². The predicted octanol–water partition coefficient (Wildman–Crippen LogP) is 3.26. The maximum Gasteiger partial charge on any atom is 0.279 e. The number of hydrogen-bond donors (Lipinski definition) is 2. The van der Waals surface area contributed by atoms with Crippen molar-refractivity contribution >= 4 is 34.8 Å². The maximum absolute atomic E-state index is 11.9. The highest BCUT2D eigenvalue weighted by Crippen LogP contribution is 2.24. The van der Waals surface area contributed by atoms with E-state index >= 15 is 0 Å². The van der Waals surface area contributed by atoms with E-state index in [1.807, 2.05) is 48.6 Å². The second-order valence-electron chi connectivity index (χ2n) is 4.81. The molecule has 1 amide bonds. The minimum absolute atomic E-state index is 0.0434. The number of nitrogens with two attached hydrogens (primary N) is 1. The number of hydrogen-bond acceptors (Lipinski definition) is 1. The van der Waals surface area contributed by atoms with Crippen LogP contribution in [0.1, 0.15) is 18.5 Å². The number of benzene rings is 2. The van der Waals surface area contributed by atoms with Gasteiger partial charge in [0.05, 0.1) is 5.02 Å². The SMILES string of the molecule is C[C@@H]([NH2+]CC(=O)Nc1ccccc1)c1ccc(Cl)cc1Cl. The van der Waals surface area contributed by atoms with E-state index < -0.39 is 0 Å². The highest BCUT2D eigenvalue weighted by atomic mass is 35.5. The summed E-state index contributed by atoms with van der Waals surface area (Å²) < 4.78 is 0.